The number of hydrogen-bond acceptors (Lipinski definition) is 6. The van der Waals surface area contributed by atoms with Crippen LogP contribution in [0, 0.1) is 0 Å². The Kier molecular flexibility index (Phi) is 5.93. The van der Waals surface area contributed by atoms with Crippen LogP contribution in [-0.2, 0) is 16.0 Å². The van der Waals surface area contributed by atoms with Crippen molar-refractivity contribution in [1.29, 1.82) is 0 Å². The van der Waals surface area contributed by atoms with E-state index in [-0.39, 0.29) is 0 Å². The van der Waals surface area contributed by atoms with E-state index in [1.54, 1.807) is 0 Å². The summed E-state index contributed by atoms with van der Waals surface area (Å²) >= 11 is 1.32. The Balaban J connectivity index is 1.60. The lowest BCUT2D eigenvalue weighted by Crippen LogP contribution is -2.29. The van der Waals surface area contributed by atoms with E-state index in [0.29, 0.717) is 10.7 Å². The van der Waals surface area contributed by atoms with Crippen molar-refractivity contribution in [3.63, 3.8) is 0 Å². The van der Waals surface area contributed by atoms with Crippen LogP contribution in [0.25, 0.3) is 11.3 Å². The molecule has 0 aliphatic rings. The van der Waals surface area contributed by atoms with Gasteiger partial charge in [0.1, 0.15) is 0 Å². The van der Waals surface area contributed by atoms with E-state index in [0.717, 1.165) is 17.7 Å². The lowest BCUT2D eigenvalue weighted by Gasteiger charge is -2.12. The maximum absolute atomic E-state index is 12.3. The first-order chi connectivity index (χ1) is 13.1. The largest absolute Gasteiger partial charge is 0.449 e. The summed E-state index contributed by atoms with van der Waals surface area (Å²) in [5.74, 6) is -1.00. The van der Waals surface area contributed by atoms with Crippen LogP contribution in [0.2, 0.25) is 0 Å². The zero-order chi connectivity index (χ0) is 19.2. The standard InChI is InChI=1S/C20H19N3O3S/c1-3-14-4-6-15(7-5-14)17-12-27-20(22-17)23-18(24)13(2)26-19(25)16-8-10-21-11-9-16/h4-13H,3H2,1-2H3,(H,22,23,24). The summed E-state index contributed by atoms with van der Waals surface area (Å²) < 4.78 is 5.19. The first-order valence-electron chi connectivity index (χ1n) is 8.53. The first-order valence-corrected chi connectivity index (χ1v) is 9.41. The highest BCUT2D eigenvalue weighted by atomic mass is 32.1. The van der Waals surface area contributed by atoms with Gasteiger partial charge >= 0.3 is 5.97 Å². The van der Waals surface area contributed by atoms with E-state index < -0.39 is 18.0 Å². The monoisotopic (exact) mass is 381 g/mol. The van der Waals surface area contributed by atoms with Crippen LogP contribution in [0.1, 0.15) is 29.8 Å². The second-order valence-corrected chi connectivity index (χ2v) is 6.72. The number of carbonyl (C=O) groups excluding carboxylic acids is 2. The number of thiazole rings is 1. The van der Waals surface area contributed by atoms with Crippen LogP contribution in [0.5, 0.6) is 0 Å². The van der Waals surface area contributed by atoms with Gasteiger partial charge in [-0.25, -0.2) is 9.78 Å². The van der Waals surface area contributed by atoms with E-state index in [1.165, 1.54) is 48.4 Å². The molecule has 1 aromatic carbocycles. The van der Waals surface area contributed by atoms with Gasteiger partial charge in [-0.3, -0.25) is 15.1 Å². The number of aromatic nitrogens is 2. The van der Waals surface area contributed by atoms with Gasteiger partial charge in [0.05, 0.1) is 11.3 Å². The van der Waals surface area contributed by atoms with Crippen molar-refractivity contribution in [1.82, 2.24) is 9.97 Å². The molecule has 1 amide bonds. The number of aryl methyl sites for hydroxylation is 1. The fraction of sp³-hybridized carbons (Fsp3) is 0.200. The van der Waals surface area contributed by atoms with Crippen LogP contribution in [0.3, 0.4) is 0 Å². The highest BCUT2D eigenvalue weighted by Crippen LogP contribution is 2.25. The fourth-order valence-corrected chi connectivity index (χ4v) is 3.07. The number of esters is 1. The zero-order valence-corrected chi connectivity index (χ0v) is 15.8. The molecule has 138 valence electrons. The molecule has 0 bridgehead atoms. The number of hydrogen-bond donors (Lipinski definition) is 1. The highest BCUT2D eigenvalue weighted by Gasteiger charge is 2.20. The van der Waals surface area contributed by atoms with Crippen molar-refractivity contribution in [2.24, 2.45) is 0 Å². The molecule has 3 rings (SSSR count). The van der Waals surface area contributed by atoms with E-state index in [2.05, 4.69) is 34.3 Å². The number of ether oxygens (including phenoxy) is 1. The Labute approximate surface area is 161 Å². The molecular weight excluding hydrogens is 362 g/mol. The van der Waals surface area contributed by atoms with Crippen LogP contribution in [0.4, 0.5) is 5.13 Å². The third-order valence-corrected chi connectivity index (χ3v) is 4.72. The number of pyridine rings is 1. The molecule has 1 atom stereocenters. The van der Waals surface area contributed by atoms with E-state index in [4.69, 9.17) is 4.74 Å². The molecule has 1 N–H and O–H groups in total. The molecule has 3 aromatic rings. The quantitative estimate of drug-likeness (QED) is 0.654. The highest BCUT2D eigenvalue weighted by molar-refractivity contribution is 7.14. The lowest BCUT2D eigenvalue weighted by atomic mass is 10.1. The fourth-order valence-electron chi connectivity index (χ4n) is 2.35. The normalized spacial score (nSPS) is 11.6. The van der Waals surface area contributed by atoms with Crippen LogP contribution < -0.4 is 5.32 Å². The van der Waals surface area contributed by atoms with Crippen molar-refractivity contribution >= 4 is 28.3 Å². The van der Waals surface area contributed by atoms with E-state index >= 15 is 0 Å². The molecule has 0 spiro atoms. The minimum atomic E-state index is -0.943. The molecule has 2 heterocycles. The number of nitrogens with one attached hydrogen (secondary N) is 1. The molecule has 2 aromatic heterocycles. The molecule has 27 heavy (non-hydrogen) atoms. The average molecular weight is 381 g/mol. The molecular formula is C20H19N3O3S. The topological polar surface area (TPSA) is 81.2 Å². The second-order valence-electron chi connectivity index (χ2n) is 5.86. The first kappa shape index (κ1) is 18.7. The minimum absolute atomic E-state index is 0.344. The van der Waals surface area contributed by atoms with Gasteiger partial charge < -0.3 is 4.74 Å². The Bertz CT molecular complexity index is 923. The summed E-state index contributed by atoms with van der Waals surface area (Å²) in [6, 6.07) is 11.2. The van der Waals surface area contributed by atoms with E-state index in [1.807, 2.05) is 17.5 Å². The van der Waals surface area contributed by atoms with Crippen molar-refractivity contribution < 1.29 is 14.3 Å². The number of benzene rings is 1. The molecule has 1 unspecified atom stereocenters. The van der Waals surface area contributed by atoms with Gasteiger partial charge in [-0.15, -0.1) is 11.3 Å². The summed E-state index contributed by atoms with van der Waals surface area (Å²) in [5.41, 5.74) is 3.38. The van der Waals surface area contributed by atoms with Crippen molar-refractivity contribution in [2.45, 2.75) is 26.4 Å². The molecule has 6 nitrogen and oxygen atoms in total. The molecule has 0 saturated carbocycles. The molecule has 0 fully saturated rings. The Morgan fingerprint density at radius 1 is 1.15 bits per heavy atom. The van der Waals surface area contributed by atoms with Gasteiger partial charge in [0, 0.05) is 23.3 Å². The van der Waals surface area contributed by atoms with Crippen molar-refractivity contribution in [3.8, 4) is 11.3 Å². The maximum Gasteiger partial charge on any atom is 0.339 e. The Morgan fingerprint density at radius 3 is 2.52 bits per heavy atom. The maximum atomic E-state index is 12.3. The van der Waals surface area contributed by atoms with E-state index in [9.17, 15) is 9.59 Å². The SMILES string of the molecule is CCc1ccc(-c2csc(NC(=O)C(C)OC(=O)c3ccncc3)n2)cc1. The zero-order valence-electron chi connectivity index (χ0n) is 15.0. The van der Waals surface area contributed by atoms with Crippen molar-refractivity contribution in [2.75, 3.05) is 5.32 Å². The van der Waals surface area contributed by atoms with Gasteiger partial charge in [-0.1, -0.05) is 31.2 Å². The van der Waals surface area contributed by atoms with Crippen LogP contribution >= 0.6 is 11.3 Å². The molecule has 7 heteroatoms. The predicted octanol–water partition coefficient (Wildman–Crippen LogP) is 3.95. The second kappa shape index (κ2) is 8.55. The van der Waals surface area contributed by atoms with Gasteiger partial charge in [0.25, 0.3) is 5.91 Å². The molecule has 0 aliphatic heterocycles. The summed E-state index contributed by atoms with van der Waals surface area (Å²) in [4.78, 5) is 32.6. The van der Waals surface area contributed by atoms with Crippen LogP contribution in [-0.4, -0.2) is 27.9 Å². The number of anilines is 1. The summed E-state index contributed by atoms with van der Waals surface area (Å²) in [5, 5.41) is 5.03. The Hall–Kier alpha value is -3.06. The summed E-state index contributed by atoms with van der Waals surface area (Å²) in [7, 11) is 0. The molecule has 0 aliphatic carbocycles. The number of carbonyl (C=O) groups is 2. The lowest BCUT2D eigenvalue weighted by molar-refractivity contribution is -0.123. The molecule has 0 radical (unpaired) electrons. The van der Waals surface area contributed by atoms with Gasteiger partial charge in [-0.05, 0) is 31.0 Å². The summed E-state index contributed by atoms with van der Waals surface area (Å²) in [6.07, 6.45) is 3.02. The van der Waals surface area contributed by atoms with Gasteiger partial charge in [-0.2, -0.15) is 0 Å². The predicted molar refractivity (Wildman–Crippen MR) is 105 cm³/mol. The Morgan fingerprint density at radius 2 is 1.85 bits per heavy atom. The minimum Gasteiger partial charge on any atom is -0.449 e. The van der Waals surface area contributed by atoms with Gasteiger partial charge in [0.2, 0.25) is 0 Å². The van der Waals surface area contributed by atoms with Crippen LogP contribution in [0.15, 0.2) is 54.2 Å². The number of amides is 1. The van der Waals surface area contributed by atoms with Crippen molar-refractivity contribution in [3.05, 3.63) is 65.3 Å². The third-order valence-electron chi connectivity index (χ3n) is 3.96. The molecule has 0 saturated heterocycles. The average Bonchev–Trinajstić information content (AvgIpc) is 3.17. The third kappa shape index (κ3) is 4.77. The van der Waals surface area contributed by atoms with Gasteiger partial charge in [0.15, 0.2) is 11.2 Å². The smallest absolute Gasteiger partial charge is 0.339 e. The number of nitrogens with zero attached hydrogens (tertiary/aromatic N) is 2. The number of rotatable bonds is 6. The summed E-state index contributed by atoms with van der Waals surface area (Å²) in [6.45, 7) is 3.63.